The topological polar surface area (TPSA) is 92.4 Å². The molecule has 5 heteroatoms. The molecule has 0 aromatic heterocycles. The van der Waals surface area contributed by atoms with Crippen molar-refractivity contribution in [3.63, 3.8) is 0 Å². The minimum atomic E-state index is -0.818. The van der Waals surface area contributed by atoms with Crippen LogP contribution < -0.4 is 11.1 Å². The quantitative estimate of drug-likeness (QED) is 0.546. The third-order valence-corrected chi connectivity index (χ3v) is 4.42. The van der Waals surface area contributed by atoms with E-state index in [1.807, 2.05) is 13.8 Å². The number of carbonyl (C=O) groups excluding carboxylic acids is 1. The molecule has 130 valence electrons. The van der Waals surface area contributed by atoms with Crippen molar-refractivity contribution in [2.75, 3.05) is 6.54 Å². The molecule has 0 saturated heterocycles. The van der Waals surface area contributed by atoms with Crippen LogP contribution >= 0.6 is 0 Å². The van der Waals surface area contributed by atoms with Crippen LogP contribution in [-0.4, -0.2) is 29.6 Å². The number of nitrogens with two attached hydrogens (primary N) is 1. The van der Waals surface area contributed by atoms with Gasteiger partial charge in [-0.25, -0.2) is 0 Å². The van der Waals surface area contributed by atoms with E-state index in [9.17, 15) is 9.59 Å². The van der Waals surface area contributed by atoms with Crippen molar-refractivity contribution < 1.29 is 14.7 Å². The molecule has 4 atom stereocenters. The first kappa shape index (κ1) is 20.9. The van der Waals surface area contributed by atoms with Crippen LogP contribution in [0.2, 0.25) is 0 Å². The summed E-state index contributed by atoms with van der Waals surface area (Å²) in [6.45, 7) is 10.8. The first-order valence-corrected chi connectivity index (χ1v) is 8.44. The molecular formula is C17H34N2O3. The lowest BCUT2D eigenvalue weighted by molar-refractivity contribution is -0.139. The van der Waals surface area contributed by atoms with Crippen molar-refractivity contribution in [2.45, 2.75) is 66.3 Å². The fourth-order valence-electron chi connectivity index (χ4n) is 2.83. The third-order valence-electron chi connectivity index (χ3n) is 4.42. The van der Waals surface area contributed by atoms with Crippen molar-refractivity contribution in [3.05, 3.63) is 0 Å². The van der Waals surface area contributed by atoms with Crippen LogP contribution in [0.25, 0.3) is 0 Å². The number of carbonyl (C=O) groups is 2. The second-order valence-electron chi connectivity index (χ2n) is 6.96. The zero-order chi connectivity index (χ0) is 17.3. The fourth-order valence-corrected chi connectivity index (χ4v) is 2.83. The van der Waals surface area contributed by atoms with Gasteiger partial charge >= 0.3 is 5.97 Å². The first-order chi connectivity index (χ1) is 10.2. The summed E-state index contributed by atoms with van der Waals surface area (Å²) < 4.78 is 0. The average molecular weight is 314 g/mol. The normalized spacial score (nSPS) is 16.9. The molecule has 0 radical (unpaired) electrons. The summed E-state index contributed by atoms with van der Waals surface area (Å²) >= 11 is 0. The molecule has 0 aromatic carbocycles. The molecule has 0 spiro atoms. The Bertz CT molecular complexity index is 345. The highest BCUT2D eigenvalue weighted by atomic mass is 16.4. The molecule has 0 saturated carbocycles. The maximum absolute atomic E-state index is 12.0. The molecule has 1 amide bonds. The van der Waals surface area contributed by atoms with Gasteiger partial charge in [-0.05, 0) is 30.1 Å². The summed E-state index contributed by atoms with van der Waals surface area (Å²) in [6.07, 6.45) is 2.86. The molecular weight excluding hydrogens is 280 g/mol. The van der Waals surface area contributed by atoms with E-state index >= 15 is 0 Å². The van der Waals surface area contributed by atoms with Gasteiger partial charge < -0.3 is 16.2 Å². The van der Waals surface area contributed by atoms with Gasteiger partial charge in [-0.3, -0.25) is 9.59 Å². The van der Waals surface area contributed by atoms with E-state index in [-0.39, 0.29) is 24.2 Å². The second-order valence-corrected chi connectivity index (χ2v) is 6.96. The predicted molar refractivity (Wildman–Crippen MR) is 89.4 cm³/mol. The zero-order valence-corrected chi connectivity index (χ0v) is 14.8. The number of hydrogen-bond donors (Lipinski definition) is 3. The Labute approximate surface area is 135 Å². The van der Waals surface area contributed by atoms with Gasteiger partial charge in [0.15, 0.2) is 0 Å². The maximum Gasteiger partial charge on any atom is 0.303 e. The van der Waals surface area contributed by atoms with E-state index in [1.54, 1.807) is 0 Å². The van der Waals surface area contributed by atoms with E-state index in [0.29, 0.717) is 24.8 Å². The molecule has 0 aliphatic rings. The van der Waals surface area contributed by atoms with Gasteiger partial charge in [0.2, 0.25) is 5.91 Å². The van der Waals surface area contributed by atoms with Gasteiger partial charge in [-0.15, -0.1) is 0 Å². The van der Waals surface area contributed by atoms with Gasteiger partial charge in [-0.1, -0.05) is 47.5 Å². The maximum atomic E-state index is 12.0. The lowest BCUT2D eigenvalue weighted by Crippen LogP contribution is -2.44. The van der Waals surface area contributed by atoms with Crippen molar-refractivity contribution in [1.82, 2.24) is 5.32 Å². The van der Waals surface area contributed by atoms with Crippen LogP contribution in [0.3, 0.4) is 0 Å². The third kappa shape index (κ3) is 8.37. The fraction of sp³-hybridized carbons (Fsp3) is 0.882. The lowest BCUT2D eigenvalue weighted by atomic mass is 9.80. The molecule has 4 N–H and O–H groups in total. The summed E-state index contributed by atoms with van der Waals surface area (Å²) in [7, 11) is 0. The number of hydrogen-bond acceptors (Lipinski definition) is 3. The average Bonchev–Trinajstić information content (AvgIpc) is 2.41. The predicted octanol–water partition coefficient (Wildman–Crippen LogP) is 2.64. The summed E-state index contributed by atoms with van der Waals surface area (Å²) in [5.74, 6) is -0.0118. The van der Waals surface area contributed by atoms with E-state index in [2.05, 4.69) is 26.1 Å². The summed E-state index contributed by atoms with van der Waals surface area (Å²) in [6, 6.07) is -0.520. The lowest BCUT2D eigenvalue weighted by Gasteiger charge is -2.28. The molecule has 3 unspecified atom stereocenters. The van der Waals surface area contributed by atoms with Crippen LogP contribution in [-0.2, 0) is 9.59 Å². The number of aliphatic carboxylic acids is 1. The number of amides is 1. The highest BCUT2D eigenvalue weighted by molar-refractivity contribution is 5.81. The standard InChI is InChI=1S/C17H34N2O3/c1-6-7-12(4)13(5)14(9-16(20)21)10-19-17(22)15(18)8-11(2)3/h11-15H,6-10,18H2,1-5H3,(H,19,22)(H,20,21)/t12?,13?,14?,15-/m0/s1. The van der Waals surface area contributed by atoms with Crippen LogP contribution in [0.4, 0.5) is 0 Å². The molecule has 0 aromatic rings. The molecule has 0 rings (SSSR count). The minimum Gasteiger partial charge on any atom is -0.481 e. The number of rotatable bonds is 11. The Balaban J connectivity index is 4.59. The monoisotopic (exact) mass is 314 g/mol. The Morgan fingerprint density at radius 2 is 1.77 bits per heavy atom. The largest absolute Gasteiger partial charge is 0.481 e. The molecule has 0 heterocycles. The van der Waals surface area contributed by atoms with Crippen molar-refractivity contribution >= 4 is 11.9 Å². The summed E-state index contributed by atoms with van der Waals surface area (Å²) in [5, 5.41) is 11.9. The van der Waals surface area contributed by atoms with Crippen LogP contribution in [0.15, 0.2) is 0 Å². The first-order valence-electron chi connectivity index (χ1n) is 8.44. The van der Waals surface area contributed by atoms with E-state index < -0.39 is 12.0 Å². The number of carboxylic acid groups (broad SMARTS) is 1. The summed E-state index contributed by atoms with van der Waals surface area (Å²) in [4.78, 5) is 23.1. The Morgan fingerprint density at radius 1 is 1.18 bits per heavy atom. The zero-order valence-electron chi connectivity index (χ0n) is 14.8. The van der Waals surface area contributed by atoms with E-state index in [0.717, 1.165) is 12.8 Å². The van der Waals surface area contributed by atoms with Gasteiger partial charge in [-0.2, -0.15) is 0 Å². The van der Waals surface area contributed by atoms with Gasteiger partial charge in [0.1, 0.15) is 0 Å². The highest BCUT2D eigenvalue weighted by Crippen LogP contribution is 2.26. The molecule has 0 bridgehead atoms. The molecule has 5 nitrogen and oxygen atoms in total. The highest BCUT2D eigenvalue weighted by Gasteiger charge is 2.26. The molecule has 0 fully saturated rings. The smallest absolute Gasteiger partial charge is 0.303 e. The van der Waals surface area contributed by atoms with Gasteiger partial charge in [0, 0.05) is 6.54 Å². The second kappa shape index (κ2) is 10.6. The van der Waals surface area contributed by atoms with Gasteiger partial charge in [0.05, 0.1) is 12.5 Å². The molecule has 0 aliphatic heterocycles. The van der Waals surface area contributed by atoms with E-state index in [4.69, 9.17) is 10.8 Å². The molecule has 22 heavy (non-hydrogen) atoms. The Hall–Kier alpha value is -1.10. The van der Waals surface area contributed by atoms with Crippen LogP contribution in [0, 0.1) is 23.7 Å². The number of nitrogens with one attached hydrogen (secondary N) is 1. The SMILES string of the molecule is CCCC(C)C(C)C(CNC(=O)[C@@H](N)CC(C)C)CC(=O)O. The van der Waals surface area contributed by atoms with Crippen molar-refractivity contribution in [3.8, 4) is 0 Å². The van der Waals surface area contributed by atoms with Crippen LogP contribution in [0.5, 0.6) is 0 Å². The summed E-state index contributed by atoms with van der Waals surface area (Å²) in [5.41, 5.74) is 5.86. The Morgan fingerprint density at radius 3 is 2.23 bits per heavy atom. The van der Waals surface area contributed by atoms with Crippen LogP contribution in [0.1, 0.15) is 60.3 Å². The van der Waals surface area contributed by atoms with E-state index in [1.165, 1.54) is 0 Å². The minimum absolute atomic E-state index is 0.0609. The molecule has 0 aliphatic carbocycles. The van der Waals surface area contributed by atoms with Crippen molar-refractivity contribution in [1.29, 1.82) is 0 Å². The van der Waals surface area contributed by atoms with Gasteiger partial charge in [0.25, 0.3) is 0 Å². The van der Waals surface area contributed by atoms with Crippen molar-refractivity contribution in [2.24, 2.45) is 29.4 Å². The number of carboxylic acids is 1. The Kier molecular flexibility index (Phi) is 10.1.